The van der Waals surface area contributed by atoms with Gasteiger partial charge in [0.15, 0.2) is 0 Å². The molecule has 2 aliphatic rings. The van der Waals surface area contributed by atoms with Crippen LogP contribution in [0.3, 0.4) is 0 Å². The van der Waals surface area contributed by atoms with Gasteiger partial charge in [-0.3, -0.25) is 9.69 Å². The molecule has 0 bridgehead atoms. The van der Waals surface area contributed by atoms with Crippen LogP contribution < -0.4 is 10.6 Å². The number of nitrogens with one attached hydrogen (secondary N) is 2. The molecule has 0 saturated heterocycles. The lowest BCUT2D eigenvalue weighted by Gasteiger charge is -2.35. The van der Waals surface area contributed by atoms with Gasteiger partial charge in [-0.25, -0.2) is 9.97 Å². The predicted molar refractivity (Wildman–Crippen MR) is 115 cm³/mol. The molecule has 1 saturated carbocycles. The Morgan fingerprint density at radius 2 is 2.04 bits per heavy atom. The number of anilines is 1. The molecule has 1 amide bonds. The van der Waals surface area contributed by atoms with E-state index in [1.54, 1.807) is 6.33 Å². The van der Waals surface area contributed by atoms with Crippen LogP contribution in [0.4, 0.5) is 5.82 Å². The molecular formula is C21H31N5OS. The summed E-state index contributed by atoms with van der Waals surface area (Å²) < 4.78 is 0. The van der Waals surface area contributed by atoms with E-state index in [0.717, 1.165) is 42.8 Å². The number of aryl methyl sites for hydroxylation is 2. The Hall–Kier alpha value is -1.73. The first-order valence-corrected chi connectivity index (χ1v) is 11.3. The molecule has 0 spiro atoms. The summed E-state index contributed by atoms with van der Waals surface area (Å²) >= 11 is 1.84. The molecule has 1 fully saturated rings. The number of likely N-dealkylation sites (N-methyl/N-ethyl adjacent to an activating group) is 1. The average Bonchev–Trinajstić information content (AvgIpc) is 3.22. The first-order chi connectivity index (χ1) is 13.5. The van der Waals surface area contributed by atoms with E-state index in [1.807, 2.05) is 25.2 Å². The van der Waals surface area contributed by atoms with E-state index in [4.69, 9.17) is 0 Å². The van der Waals surface area contributed by atoms with Crippen molar-refractivity contribution in [1.29, 1.82) is 0 Å². The molecule has 2 N–H and O–H groups in total. The maximum atomic E-state index is 12.0. The number of carbonyl (C=O) groups is 1. The van der Waals surface area contributed by atoms with Crippen molar-refractivity contribution in [2.24, 2.45) is 0 Å². The molecule has 0 aromatic carbocycles. The van der Waals surface area contributed by atoms with Crippen LogP contribution in [0.5, 0.6) is 0 Å². The minimum Gasteiger partial charge on any atom is -0.367 e. The zero-order valence-corrected chi connectivity index (χ0v) is 17.9. The van der Waals surface area contributed by atoms with Crippen LogP contribution in [0.15, 0.2) is 6.33 Å². The number of hydrogen-bond acceptors (Lipinski definition) is 6. The zero-order valence-electron chi connectivity index (χ0n) is 17.1. The summed E-state index contributed by atoms with van der Waals surface area (Å²) in [5.41, 5.74) is 1.48. The van der Waals surface area contributed by atoms with Crippen molar-refractivity contribution in [3.05, 3.63) is 16.8 Å². The largest absolute Gasteiger partial charge is 0.367 e. The van der Waals surface area contributed by atoms with Crippen molar-refractivity contribution in [3.8, 4) is 0 Å². The minimum absolute atomic E-state index is 0.118. The van der Waals surface area contributed by atoms with Gasteiger partial charge in [0.05, 0.1) is 11.9 Å². The Labute approximate surface area is 171 Å². The number of aromatic nitrogens is 2. The number of nitrogens with zero attached hydrogens (tertiary/aromatic N) is 3. The van der Waals surface area contributed by atoms with E-state index in [9.17, 15) is 4.79 Å². The molecule has 2 aromatic rings. The Kier molecular flexibility index (Phi) is 5.83. The number of amides is 1. The molecule has 2 heterocycles. The van der Waals surface area contributed by atoms with Crippen LogP contribution >= 0.6 is 11.3 Å². The fourth-order valence-corrected chi connectivity index (χ4v) is 5.84. The number of fused-ring (bicyclic) bond motifs is 3. The highest BCUT2D eigenvalue weighted by molar-refractivity contribution is 7.19. The molecule has 152 valence electrons. The Balaban J connectivity index is 1.35. The summed E-state index contributed by atoms with van der Waals surface area (Å²) in [5, 5.41) is 7.97. The molecule has 28 heavy (non-hydrogen) atoms. The maximum absolute atomic E-state index is 12.0. The van der Waals surface area contributed by atoms with Crippen LogP contribution in [-0.2, 0) is 17.6 Å². The van der Waals surface area contributed by atoms with Gasteiger partial charge in [0.1, 0.15) is 17.0 Å². The summed E-state index contributed by atoms with van der Waals surface area (Å²) in [6.07, 6.45) is 9.75. The minimum atomic E-state index is 0.118. The molecule has 0 aliphatic heterocycles. The Bertz CT molecular complexity index is 841. The summed E-state index contributed by atoms with van der Waals surface area (Å²) in [5.74, 6) is 1.14. The van der Waals surface area contributed by atoms with Crippen LogP contribution in [0.2, 0.25) is 0 Å². The second-order valence-corrected chi connectivity index (χ2v) is 9.63. The van der Waals surface area contributed by atoms with Crippen molar-refractivity contribution < 1.29 is 4.79 Å². The summed E-state index contributed by atoms with van der Waals surface area (Å²) in [6, 6.07) is 1.13. The SMILES string of the molecule is CC(C)NC(=O)CN(C)C1CCC(Nc2ncnc3sc4c(c23)CCC4)CC1. The summed E-state index contributed by atoms with van der Waals surface area (Å²) in [7, 11) is 2.07. The van der Waals surface area contributed by atoms with Crippen molar-refractivity contribution >= 4 is 33.3 Å². The van der Waals surface area contributed by atoms with Gasteiger partial charge in [0.2, 0.25) is 5.91 Å². The van der Waals surface area contributed by atoms with Gasteiger partial charge in [-0.2, -0.15) is 0 Å². The third kappa shape index (κ3) is 4.15. The van der Waals surface area contributed by atoms with E-state index in [2.05, 4.69) is 32.5 Å². The molecule has 4 rings (SSSR count). The molecule has 2 aromatic heterocycles. The van der Waals surface area contributed by atoms with Gasteiger partial charge in [0.25, 0.3) is 0 Å². The molecular weight excluding hydrogens is 370 g/mol. The highest BCUT2D eigenvalue weighted by Crippen LogP contribution is 2.39. The molecule has 7 heteroatoms. The molecule has 0 radical (unpaired) electrons. The van der Waals surface area contributed by atoms with Crippen molar-refractivity contribution in [2.45, 2.75) is 76.9 Å². The van der Waals surface area contributed by atoms with Gasteiger partial charge >= 0.3 is 0 Å². The smallest absolute Gasteiger partial charge is 0.234 e. The lowest BCUT2D eigenvalue weighted by Crippen LogP contribution is -2.44. The van der Waals surface area contributed by atoms with Gasteiger partial charge in [-0.1, -0.05) is 0 Å². The number of carbonyl (C=O) groups excluding carboxylic acids is 1. The van der Waals surface area contributed by atoms with Gasteiger partial charge in [0, 0.05) is 23.0 Å². The fourth-order valence-electron chi connectivity index (χ4n) is 4.62. The van der Waals surface area contributed by atoms with Crippen LogP contribution in [0.25, 0.3) is 10.2 Å². The molecule has 0 unspecified atom stereocenters. The van der Waals surface area contributed by atoms with Gasteiger partial charge in [-0.05, 0) is 71.4 Å². The van der Waals surface area contributed by atoms with Crippen molar-refractivity contribution in [2.75, 3.05) is 18.9 Å². The summed E-state index contributed by atoms with van der Waals surface area (Å²) in [4.78, 5) is 26.0. The van der Waals surface area contributed by atoms with Crippen LogP contribution in [0, 0.1) is 0 Å². The molecule has 0 atom stereocenters. The highest BCUT2D eigenvalue weighted by Gasteiger charge is 2.27. The first kappa shape index (κ1) is 19.6. The summed E-state index contributed by atoms with van der Waals surface area (Å²) in [6.45, 7) is 4.48. The molecule has 6 nitrogen and oxygen atoms in total. The van der Waals surface area contributed by atoms with E-state index in [1.165, 1.54) is 28.7 Å². The maximum Gasteiger partial charge on any atom is 0.234 e. The standard InChI is InChI=1S/C21H31N5OS/c1-13(2)24-18(27)11-26(3)15-9-7-14(8-10-15)25-20-19-16-5-4-6-17(16)28-21(19)23-12-22-20/h12-15H,4-11H2,1-3H3,(H,24,27)(H,22,23,25). The zero-order chi connectivity index (χ0) is 19.7. The number of rotatable bonds is 6. The second-order valence-electron chi connectivity index (χ2n) is 8.55. The van der Waals surface area contributed by atoms with E-state index in [-0.39, 0.29) is 11.9 Å². The van der Waals surface area contributed by atoms with Gasteiger partial charge < -0.3 is 10.6 Å². The van der Waals surface area contributed by atoms with Gasteiger partial charge in [-0.15, -0.1) is 11.3 Å². The topological polar surface area (TPSA) is 70.2 Å². The highest BCUT2D eigenvalue weighted by atomic mass is 32.1. The lowest BCUT2D eigenvalue weighted by atomic mass is 9.90. The third-order valence-electron chi connectivity index (χ3n) is 6.00. The lowest BCUT2D eigenvalue weighted by molar-refractivity contribution is -0.123. The fraction of sp³-hybridized carbons (Fsp3) is 0.667. The van der Waals surface area contributed by atoms with Crippen molar-refractivity contribution in [3.63, 3.8) is 0 Å². The Morgan fingerprint density at radius 3 is 2.79 bits per heavy atom. The van der Waals surface area contributed by atoms with Crippen molar-refractivity contribution in [1.82, 2.24) is 20.2 Å². The predicted octanol–water partition coefficient (Wildman–Crippen LogP) is 3.36. The third-order valence-corrected chi connectivity index (χ3v) is 7.20. The van der Waals surface area contributed by atoms with E-state index in [0.29, 0.717) is 18.6 Å². The van der Waals surface area contributed by atoms with E-state index >= 15 is 0 Å². The quantitative estimate of drug-likeness (QED) is 0.777. The average molecular weight is 402 g/mol. The Morgan fingerprint density at radius 1 is 1.25 bits per heavy atom. The number of thiophene rings is 1. The van der Waals surface area contributed by atoms with Crippen LogP contribution in [-0.4, -0.2) is 52.5 Å². The molecule has 2 aliphatic carbocycles. The normalized spacial score (nSPS) is 22.0. The first-order valence-electron chi connectivity index (χ1n) is 10.5. The second kappa shape index (κ2) is 8.33. The van der Waals surface area contributed by atoms with Crippen LogP contribution in [0.1, 0.15) is 56.4 Å². The number of hydrogen-bond donors (Lipinski definition) is 2. The van der Waals surface area contributed by atoms with E-state index < -0.39 is 0 Å². The monoisotopic (exact) mass is 401 g/mol.